The summed E-state index contributed by atoms with van der Waals surface area (Å²) in [5, 5.41) is 78.0. The lowest BCUT2D eigenvalue weighted by Gasteiger charge is -2.43. The van der Waals surface area contributed by atoms with E-state index in [2.05, 4.69) is 169 Å². The number of aromatic amines is 2. The molecule has 138 heavy (non-hydrogen) atoms. The standard InChI is InChI=1S/C39H38FN7O2.C31H32ClF2N9O2.C31H33ClFN9O2/c1-25-7-4-8-27-9-5-11-34(36(25)27)45-18-15-31-33(24-45)43-38(49-35-12-6-10-28-22-44(3)17-14-30(28)35)32(21-42)37(31)46-19-20-47(39(48)26(2)40)29(23-46)13-16-41;1-18(33)31(44)43-11-10-42(15-19(43)5-7-35)28-21-6-9-41(29-23-14-37-39-25(23)12-24(34)27(29)32)16-26(21)38-30(22(28)13-36)45-17-20-4-3-8-40(20)2;1-3-27(43)42-12-11-41(16-19(42)6-8-34)29-21-7-10-40(30-23-15-36-38-25(23)13-24(33)28(30)32)17-26(21)37-31(22(29)14-35)44-18-20-5-4-9-39(20)2/h4-12,29H,2,13-15,17-20,22-24H2,1,3H3;12,14,19-20H,1,3-6,8-11,15-17H2,2H3,(H,37,39);3,13,15,19-20H,1,4-7,9-12,16-18H2,2H3,(H,36,38)/t29-;2*19-,20-/m000/s1. The number of piperazine rings is 3. The van der Waals surface area contributed by atoms with E-state index in [4.69, 9.17) is 52.4 Å². The molecule has 0 spiro atoms. The molecular formula is C101H103Cl2F4N25O6. The number of H-pyrrole nitrogens is 2. The minimum atomic E-state index is -1.08. The molecule has 31 nitrogen and oxygen atoms in total. The van der Waals surface area contributed by atoms with Crippen LogP contribution in [0.1, 0.15) is 112 Å². The van der Waals surface area contributed by atoms with E-state index in [1.807, 2.05) is 33.9 Å². The van der Waals surface area contributed by atoms with E-state index in [0.717, 1.165) is 103 Å². The van der Waals surface area contributed by atoms with E-state index in [-0.39, 0.29) is 109 Å². The zero-order chi connectivity index (χ0) is 97.0. The van der Waals surface area contributed by atoms with Crippen molar-refractivity contribution >= 4 is 108 Å². The Balaban J connectivity index is 0.000000143. The van der Waals surface area contributed by atoms with Crippen LogP contribution in [0.5, 0.6) is 23.4 Å². The number of ether oxygens (including phenoxy) is 3. The van der Waals surface area contributed by atoms with Crippen LogP contribution in [0.25, 0.3) is 32.6 Å². The number of likely N-dealkylation sites (N-methyl/N-ethyl adjacent to an activating group) is 3. The van der Waals surface area contributed by atoms with Gasteiger partial charge >= 0.3 is 0 Å². The smallest absolute Gasteiger partial charge is 0.282 e. The van der Waals surface area contributed by atoms with Crippen LogP contribution >= 0.6 is 23.2 Å². The number of pyridine rings is 3. The molecule has 2 N–H and O–H groups in total. The van der Waals surface area contributed by atoms with Crippen molar-refractivity contribution < 1.29 is 46.2 Å². The monoisotopic (exact) mass is 1910 g/mol. The van der Waals surface area contributed by atoms with Gasteiger partial charge in [0.1, 0.15) is 75.5 Å². The predicted octanol–water partition coefficient (Wildman–Crippen LogP) is 14.0. The second kappa shape index (κ2) is 41.3. The van der Waals surface area contributed by atoms with Crippen molar-refractivity contribution in [1.82, 2.24) is 64.7 Å². The summed E-state index contributed by atoms with van der Waals surface area (Å²) >= 11 is 13.0. The van der Waals surface area contributed by atoms with Crippen LogP contribution in [0.4, 0.5) is 51.7 Å². The van der Waals surface area contributed by atoms with Crippen molar-refractivity contribution in [2.24, 2.45) is 0 Å². The van der Waals surface area contributed by atoms with Crippen LogP contribution in [0.2, 0.25) is 10.0 Å². The second-order valence-electron chi connectivity index (χ2n) is 36.3. The first-order valence-electron chi connectivity index (χ1n) is 46.3. The molecule has 19 rings (SSSR count). The first-order chi connectivity index (χ1) is 66.8. The number of nitrogens with zero attached hydrogens (tertiary/aromatic N) is 23. The average Bonchev–Trinajstić information content (AvgIpc) is 0.974. The number of carbonyl (C=O) groups excluding carboxylic acids is 3. The SMILES string of the molecule is C=C(F)C(=O)N1CCN(c2c(C#N)c(OC[C@@H]3CCCN3C)nc3c2CCN(c2c(Cl)c(F)cc4[nH]ncc24)C3)C[C@@H]1CC#N.C=C(F)C(=O)N1CCN(c2c(C#N)c(Oc3cccc4c3CCN(C)C4)nc3c2CCN(c2cccc4cccc(C)c24)C3)C[C@@H]1CC#N.C=CC(=O)N1CCN(c2c(C#N)c(OC[C@@H]3CCCN3C)nc3c2CCN(c2c(Cl)c(F)cc4[nH]ncc24)C3)C[C@@H]1CC#N. The Morgan fingerprint density at radius 3 is 1.38 bits per heavy atom. The number of nitrogens with one attached hydrogen (secondary N) is 2. The van der Waals surface area contributed by atoms with Crippen LogP contribution in [-0.4, -0.2) is 245 Å². The molecule has 0 saturated carbocycles. The molecule has 5 saturated heterocycles. The Morgan fingerprint density at radius 1 is 0.507 bits per heavy atom. The number of anilines is 6. The second-order valence-corrected chi connectivity index (χ2v) is 37.0. The van der Waals surface area contributed by atoms with Gasteiger partial charge in [-0.25, -0.2) is 32.5 Å². The molecule has 0 unspecified atom stereocenters. The molecule has 9 aliphatic heterocycles. The lowest BCUT2D eigenvalue weighted by molar-refractivity contribution is -0.132. The van der Waals surface area contributed by atoms with Gasteiger partial charge in [-0.2, -0.15) is 41.8 Å². The summed E-state index contributed by atoms with van der Waals surface area (Å²) in [6.45, 7) is 21.9. The number of amides is 3. The molecule has 5 aromatic carbocycles. The number of halogens is 6. The van der Waals surface area contributed by atoms with Gasteiger partial charge in [0.2, 0.25) is 23.5 Å². The molecule has 14 heterocycles. The van der Waals surface area contributed by atoms with Gasteiger partial charge in [0.05, 0.1) is 144 Å². The lowest BCUT2D eigenvalue weighted by Crippen LogP contribution is -2.55. The Kier molecular flexibility index (Phi) is 28.6. The van der Waals surface area contributed by atoms with E-state index >= 15 is 0 Å². The zero-order valence-electron chi connectivity index (χ0n) is 77.2. The summed E-state index contributed by atoms with van der Waals surface area (Å²) in [6.07, 6.45) is 11.2. The average molecular weight is 1910 g/mol. The number of aromatic nitrogens is 7. The van der Waals surface area contributed by atoms with Crippen LogP contribution in [0.3, 0.4) is 0 Å². The minimum absolute atomic E-state index is 0.0133. The van der Waals surface area contributed by atoms with E-state index in [1.54, 1.807) is 17.3 Å². The molecule has 0 radical (unpaired) electrons. The number of hydrogen-bond donors (Lipinski definition) is 2. The van der Waals surface area contributed by atoms with Crippen molar-refractivity contribution in [3.05, 3.63) is 205 Å². The van der Waals surface area contributed by atoms with Gasteiger partial charge in [-0.1, -0.05) is 85.4 Å². The minimum Gasteiger partial charge on any atom is -0.475 e. The molecule has 9 aliphatic rings. The molecule has 5 atom stereocenters. The fraction of sp³-hybridized carbons (Fsp3) is 0.406. The molecule has 3 amide bonds. The summed E-state index contributed by atoms with van der Waals surface area (Å²) in [7, 11) is 6.20. The highest BCUT2D eigenvalue weighted by molar-refractivity contribution is 6.35. The highest BCUT2D eigenvalue weighted by atomic mass is 35.5. The molecule has 5 aromatic heterocycles. The number of benzene rings is 5. The molecule has 710 valence electrons. The number of likely N-dealkylation sites (tertiary alicyclic amines) is 2. The highest BCUT2D eigenvalue weighted by Gasteiger charge is 2.43. The third-order valence-electron chi connectivity index (χ3n) is 28.1. The van der Waals surface area contributed by atoms with Crippen molar-refractivity contribution in [3.8, 4) is 59.8 Å². The lowest BCUT2D eigenvalue weighted by atomic mass is 9.95. The summed E-state index contributed by atoms with van der Waals surface area (Å²) < 4.78 is 76.8. The number of aryl methyl sites for hydroxylation is 1. The van der Waals surface area contributed by atoms with Gasteiger partial charge in [-0.15, -0.1) is 0 Å². The van der Waals surface area contributed by atoms with Gasteiger partial charge in [0.25, 0.3) is 11.8 Å². The van der Waals surface area contributed by atoms with Gasteiger partial charge < -0.3 is 73.0 Å². The Hall–Kier alpha value is -14.3. The molecule has 0 aliphatic carbocycles. The Morgan fingerprint density at radius 2 is 0.935 bits per heavy atom. The number of rotatable bonds is 20. The van der Waals surface area contributed by atoms with Crippen molar-refractivity contribution in [2.75, 3.05) is 162 Å². The van der Waals surface area contributed by atoms with Crippen molar-refractivity contribution in [2.45, 2.75) is 134 Å². The highest BCUT2D eigenvalue weighted by Crippen LogP contribution is 2.48. The molecule has 10 aromatic rings. The molecule has 37 heteroatoms. The summed E-state index contributed by atoms with van der Waals surface area (Å²) in [5.74, 6) is -3.73. The molecule has 0 bridgehead atoms. The van der Waals surface area contributed by atoms with Gasteiger partial charge in [0.15, 0.2) is 11.7 Å². The Bertz CT molecular complexity index is 6760. The predicted molar refractivity (Wildman–Crippen MR) is 515 cm³/mol. The maximum atomic E-state index is 14.9. The number of nitriles is 6. The fourth-order valence-corrected chi connectivity index (χ4v) is 21.7. The van der Waals surface area contributed by atoms with Crippen LogP contribution in [0, 0.1) is 86.5 Å². The maximum Gasteiger partial charge on any atom is 0.282 e. The summed E-state index contributed by atoms with van der Waals surface area (Å²) in [6, 6.07) is 33.8. The van der Waals surface area contributed by atoms with Gasteiger partial charge in [-0.05, 0) is 127 Å². The summed E-state index contributed by atoms with van der Waals surface area (Å²) in [4.78, 5) is 76.2. The number of hydrogen-bond acceptors (Lipinski definition) is 26. The van der Waals surface area contributed by atoms with E-state index in [9.17, 15) is 63.5 Å². The Labute approximate surface area is 806 Å². The van der Waals surface area contributed by atoms with Crippen molar-refractivity contribution in [3.63, 3.8) is 0 Å². The van der Waals surface area contributed by atoms with E-state index in [0.29, 0.717) is 165 Å². The molecular weight excluding hydrogens is 1810 g/mol. The number of carbonyl (C=O) groups is 3. The van der Waals surface area contributed by atoms with Crippen LogP contribution < -0.4 is 43.6 Å². The topological polar surface area (TPSA) is 357 Å². The van der Waals surface area contributed by atoms with Gasteiger partial charge in [0, 0.05) is 160 Å². The third kappa shape index (κ3) is 19.0. The van der Waals surface area contributed by atoms with Gasteiger partial charge in [-0.3, -0.25) is 24.6 Å². The number of fused-ring (bicyclic) bond motifs is 7. The van der Waals surface area contributed by atoms with Crippen molar-refractivity contribution in [1.29, 1.82) is 31.6 Å². The quantitative estimate of drug-likeness (QED) is 0.0528. The van der Waals surface area contributed by atoms with E-state index < -0.39 is 47.2 Å². The first-order valence-corrected chi connectivity index (χ1v) is 47.0. The van der Waals surface area contributed by atoms with Crippen LogP contribution in [0.15, 0.2) is 117 Å². The van der Waals surface area contributed by atoms with Crippen LogP contribution in [-0.2, 0) is 66.2 Å². The normalized spacial score (nSPS) is 19.3. The summed E-state index contributed by atoms with van der Waals surface area (Å²) in [5.41, 5.74) is 14.6. The maximum absolute atomic E-state index is 14.9. The first kappa shape index (κ1) is 95.4. The molecule has 5 fully saturated rings. The van der Waals surface area contributed by atoms with E-state index in [1.165, 1.54) is 49.9 Å². The third-order valence-corrected chi connectivity index (χ3v) is 28.8. The largest absolute Gasteiger partial charge is 0.475 e. The zero-order valence-corrected chi connectivity index (χ0v) is 78.7. The fourth-order valence-electron chi connectivity index (χ4n) is 21.2.